The van der Waals surface area contributed by atoms with Gasteiger partial charge in [0, 0.05) is 32.7 Å². The van der Waals surface area contributed by atoms with Crippen molar-refractivity contribution in [3.63, 3.8) is 0 Å². The van der Waals surface area contributed by atoms with Crippen LogP contribution in [0.2, 0.25) is 0 Å². The lowest BCUT2D eigenvalue weighted by Crippen LogP contribution is -2.43. The number of nitriles is 1. The van der Waals surface area contributed by atoms with Gasteiger partial charge >= 0.3 is 0 Å². The Balaban J connectivity index is 2.00. The Labute approximate surface area is 129 Å². The van der Waals surface area contributed by atoms with Crippen LogP contribution in [0.3, 0.4) is 0 Å². The summed E-state index contributed by atoms with van der Waals surface area (Å²) in [5.41, 5.74) is 0.0578. The van der Waals surface area contributed by atoms with Crippen molar-refractivity contribution < 1.29 is 13.9 Å². The van der Waals surface area contributed by atoms with Crippen molar-refractivity contribution in [2.75, 3.05) is 45.9 Å². The van der Waals surface area contributed by atoms with Gasteiger partial charge in [-0.15, -0.1) is 0 Å². The molecule has 0 saturated carbocycles. The van der Waals surface area contributed by atoms with Gasteiger partial charge in [0.05, 0.1) is 31.3 Å². The molecule has 0 aromatic heterocycles. The van der Waals surface area contributed by atoms with Gasteiger partial charge in [0.2, 0.25) is 0 Å². The van der Waals surface area contributed by atoms with Crippen LogP contribution in [0.25, 0.3) is 0 Å². The van der Waals surface area contributed by atoms with E-state index < -0.39 is 5.82 Å². The molecular weight excluding hydrogens is 285 g/mol. The summed E-state index contributed by atoms with van der Waals surface area (Å²) in [6.45, 7) is 4.55. The molecule has 0 aliphatic carbocycles. The second-order valence-electron chi connectivity index (χ2n) is 5.13. The van der Waals surface area contributed by atoms with Gasteiger partial charge in [0.15, 0.2) is 0 Å². The van der Waals surface area contributed by atoms with Gasteiger partial charge in [0.1, 0.15) is 5.82 Å². The summed E-state index contributed by atoms with van der Waals surface area (Å²) in [5.74, 6) is -0.887. The Hall–Kier alpha value is -1.97. The van der Waals surface area contributed by atoms with E-state index in [0.717, 1.165) is 13.1 Å². The molecule has 118 valence electrons. The average molecular weight is 305 g/mol. The van der Waals surface area contributed by atoms with Crippen LogP contribution in [0, 0.1) is 17.1 Å². The van der Waals surface area contributed by atoms with E-state index in [1.165, 1.54) is 12.1 Å². The highest BCUT2D eigenvalue weighted by molar-refractivity contribution is 5.94. The fourth-order valence-electron chi connectivity index (χ4n) is 2.39. The molecule has 1 amide bonds. The van der Waals surface area contributed by atoms with Crippen molar-refractivity contribution in [2.45, 2.75) is 6.42 Å². The standard InChI is InChI=1S/C16H20FN3O2/c17-15-5-2-1-4-14(15)16(21)20(7-3-6-18)9-8-19-10-12-22-13-11-19/h1-2,4-5H,3,7-13H2. The Bertz CT molecular complexity index is 538. The second kappa shape index (κ2) is 8.47. The summed E-state index contributed by atoms with van der Waals surface area (Å²) in [4.78, 5) is 16.2. The van der Waals surface area contributed by atoms with Crippen LogP contribution < -0.4 is 0 Å². The minimum absolute atomic E-state index is 0.0578. The Morgan fingerprint density at radius 2 is 2.05 bits per heavy atom. The summed E-state index contributed by atoms with van der Waals surface area (Å²) in [7, 11) is 0. The van der Waals surface area contributed by atoms with E-state index in [2.05, 4.69) is 4.90 Å². The maximum atomic E-state index is 13.8. The van der Waals surface area contributed by atoms with E-state index in [1.807, 2.05) is 6.07 Å². The lowest BCUT2D eigenvalue weighted by molar-refractivity contribution is 0.0325. The van der Waals surface area contributed by atoms with Crippen molar-refractivity contribution in [1.82, 2.24) is 9.80 Å². The van der Waals surface area contributed by atoms with E-state index in [4.69, 9.17) is 10.00 Å². The van der Waals surface area contributed by atoms with E-state index in [-0.39, 0.29) is 17.9 Å². The highest BCUT2D eigenvalue weighted by Crippen LogP contribution is 2.11. The molecule has 1 aliphatic rings. The number of hydrogen-bond donors (Lipinski definition) is 0. The number of morpholine rings is 1. The van der Waals surface area contributed by atoms with Crippen molar-refractivity contribution >= 4 is 5.91 Å². The first-order valence-electron chi connectivity index (χ1n) is 7.43. The largest absolute Gasteiger partial charge is 0.379 e. The van der Waals surface area contributed by atoms with Gasteiger partial charge < -0.3 is 9.64 Å². The monoisotopic (exact) mass is 305 g/mol. The summed E-state index contributed by atoms with van der Waals surface area (Å²) in [6.07, 6.45) is 0.239. The number of ether oxygens (including phenoxy) is 1. The number of carbonyl (C=O) groups is 1. The SMILES string of the molecule is N#CCCN(CCN1CCOCC1)C(=O)c1ccccc1F. The fourth-order valence-corrected chi connectivity index (χ4v) is 2.39. The summed E-state index contributed by atoms with van der Waals surface area (Å²) in [5, 5.41) is 8.75. The highest BCUT2D eigenvalue weighted by atomic mass is 19.1. The van der Waals surface area contributed by atoms with Crippen LogP contribution >= 0.6 is 0 Å². The molecule has 1 heterocycles. The van der Waals surface area contributed by atoms with Gasteiger partial charge in [-0.3, -0.25) is 9.69 Å². The van der Waals surface area contributed by atoms with Gasteiger partial charge in [-0.25, -0.2) is 4.39 Å². The Kier molecular flexibility index (Phi) is 6.31. The maximum Gasteiger partial charge on any atom is 0.256 e. The predicted molar refractivity (Wildman–Crippen MR) is 79.8 cm³/mol. The van der Waals surface area contributed by atoms with Crippen LogP contribution in [-0.2, 0) is 4.74 Å². The van der Waals surface area contributed by atoms with Crippen LogP contribution in [0.4, 0.5) is 4.39 Å². The lowest BCUT2D eigenvalue weighted by Gasteiger charge is -2.30. The first-order valence-corrected chi connectivity index (χ1v) is 7.43. The summed E-state index contributed by atoms with van der Waals surface area (Å²) in [6, 6.07) is 7.98. The number of halogens is 1. The number of carbonyl (C=O) groups excluding carboxylic acids is 1. The molecule has 1 aliphatic heterocycles. The predicted octanol–water partition coefficient (Wildman–Crippen LogP) is 1.51. The van der Waals surface area contributed by atoms with E-state index in [9.17, 15) is 9.18 Å². The molecule has 2 rings (SSSR count). The summed E-state index contributed by atoms with van der Waals surface area (Å²) < 4.78 is 19.1. The molecule has 0 spiro atoms. The van der Waals surface area contributed by atoms with Gasteiger partial charge in [-0.2, -0.15) is 5.26 Å². The van der Waals surface area contributed by atoms with Crippen molar-refractivity contribution in [3.05, 3.63) is 35.6 Å². The Morgan fingerprint density at radius 3 is 2.73 bits per heavy atom. The number of nitrogens with zero attached hydrogens (tertiary/aromatic N) is 3. The quantitative estimate of drug-likeness (QED) is 0.799. The molecule has 1 aromatic carbocycles. The zero-order valence-corrected chi connectivity index (χ0v) is 12.5. The van der Waals surface area contributed by atoms with E-state index in [1.54, 1.807) is 17.0 Å². The van der Waals surface area contributed by atoms with Crippen molar-refractivity contribution in [3.8, 4) is 6.07 Å². The molecule has 0 radical (unpaired) electrons. The molecule has 0 unspecified atom stereocenters. The molecular formula is C16H20FN3O2. The first kappa shape index (κ1) is 16.4. The average Bonchev–Trinajstić information content (AvgIpc) is 2.56. The Morgan fingerprint density at radius 1 is 1.32 bits per heavy atom. The second-order valence-corrected chi connectivity index (χ2v) is 5.13. The first-order chi connectivity index (χ1) is 10.7. The smallest absolute Gasteiger partial charge is 0.256 e. The topological polar surface area (TPSA) is 56.6 Å². The minimum atomic E-state index is -0.527. The van der Waals surface area contributed by atoms with Crippen molar-refractivity contribution in [1.29, 1.82) is 5.26 Å². The lowest BCUT2D eigenvalue weighted by atomic mass is 10.1. The maximum absolute atomic E-state index is 13.8. The molecule has 5 nitrogen and oxygen atoms in total. The number of benzene rings is 1. The summed E-state index contributed by atoms with van der Waals surface area (Å²) >= 11 is 0. The molecule has 1 aromatic rings. The molecule has 0 bridgehead atoms. The third-order valence-electron chi connectivity index (χ3n) is 3.67. The van der Waals surface area contributed by atoms with Crippen LogP contribution in [0.1, 0.15) is 16.8 Å². The normalized spacial score (nSPS) is 15.3. The number of rotatable bonds is 6. The molecule has 1 saturated heterocycles. The number of amides is 1. The molecule has 1 fully saturated rings. The third kappa shape index (κ3) is 4.52. The van der Waals surface area contributed by atoms with Crippen LogP contribution in [0.15, 0.2) is 24.3 Å². The molecule has 6 heteroatoms. The number of hydrogen-bond acceptors (Lipinski definition) is 4. The van der Waals surface area contributed by atoms with Crippen LogP contribution in [0.5, 0.6) is 0 Å². The minimum Gasteiger partial charge on any atom is -0.379 e. The molecule has 22 heavy (non-hydrogen) atoms. The van der Waals surface area contributed by atoms with Crippen LogP contribution in [-0.4, -0.2) is 61.6 Å². The molecule has 0 atom stereocenters. The van der Waals surface area contributed by atoms with Gasteiger partial charge in [-0.1, -0.05) is 12.1 Å². The van der Waals surface area contributed by atoms with E-state index in [0.29, 0.717) is 32.8 Å². The van der Waals surface area contributed by atoms with Gasteiger partial charge in [-0.05, 0) is 12.1 Å². The molecule has 0 N–H and O–H groups in total. The zero-order valence-electron chi connectivity index (χ0n) is 12.5. The van der Waals surface area contributed by atoms with E-state index >= 15 is 0 Å². The fraction of sp³-hybridized carbons (Fsp3) is 0.500. The zero-order chi connectivity index (χ0) is 15.8. The van der Waals surface area contributed by atoms with Crippen molar-refractivity contribution in [2.24, 2.45) is 0 Å². The highest BCUT2D eigenvalue weighted by Gasteiger charge is 2.20. The van der Waals surface area contributed by atoms with Gasteiger partial charge in [0.25, 0.3) is 5.91 Å². The third-order valence-corrected chi connectivity index (χ3v) is 3.67.